The summed E-state index contributed by atoms with van der Waals surface area (Å²) in [6.45, 7) is 4.61. The van der Waals surface area contributed by atoms with Crippen molar-refractivity contribution >= 4 is 0 Å². The number of hydrogen-bond acceptors (Lipinski definition) is 5. The summed E-state index contributed by atoms with van der Waals surface area (Å²) in [5.41, 5.74) is 0. The molecule has 0 fully saturated rings. The number of ether oxygens (including phenoxy) is 3. The maximum Gasteiger partial charge on any atom is 0.151 e. The van der Waals surface area contributed by atoms with Gasteiger partial charge in [0.1, 0.15) is 0 Å². The molecule has 0 saturated heterocycles. The Morgan fingerprint density at radius 2 is 1.23 bits per heavy atom. The fourth-order valence-electron chi connectivity index (χ4n) is 0.657. The van der Waals surface area contributed by atoms with Crippen molar-refractivity contribution in [2.75, 3.05) is 26.4 Å². The van der Waals surface area contributed by atoms with Gasteiger partial charge in [-0.1, -0.05) is 0 Å². The van der Waals surface area contributed by atoms with Crippen LogP contribution in [0.2, 0.25) is 0 Å². The summed E-state index contributed by atoms with van der Waals surface area (Å²) in [6, 6.07) is 0. The van der Waals surface area contributed by atoms with E-state index in [2.05, 4.69) is 0 Å². The molecule has 0 aromatic heterocycles. The van der Waals surface area contributed by atoms with E-state index in [4.69, 9.17) is 24.4 Å². The van der Waals surface area contributed by atoms with Gasteiger partial charge < -0.3 is 24.4 Å². The van der Waals surface area contributed by atoms with Crippen LogP contribution < -0.4 is 0 Å². The molecule has 0 radical (unpaired) electrons. The topological polar surface area (TPSA) is 68.2 Å². The van der Waals surface area contributed by atoms with Crippen LogP contribution in [0.5, 0.6) is 0 Å². The van der Waals surface area contributed by atoms with Gasteiger partial charge in [-0.3, -0.25) is 0 Å². The normalized spacial score (nSPS) is 15.7. The quantitative estimate of drug-likeness (QED) is 0.410. The van der Waals surface area contributed by atoms with E-state index in [1.807, 2.05) is 0 Å². The molecule has 0 heterocycles. The number of rotatable bonds is 8. The van der Waals surface area contributed by atoms with Crippen molar-refractivity contribution < 1.29 is 24.4 Å². The third-order valence-electron chi connectivity index (χ3n) is 1.17. The van der Waals surface area contributed by atoms with Crippen LogP contribution in [0, 0.1) is 0 Å². The maximum absolute atomic E-state index is 8.69. The van der Waals surface area contributed by atoms with Gasteiger partial charge >= 0.3 is 0 Å². The molecule has 5 heteroatoms. The lowest BCUT2D eigenvalue weighted by Gasteiger charge is -2.08. The molecule has 2 atom stereocenters. The van der Waals surface area contributed by atoms with Gasteiger partial charge in [0, 0.05) is 0 Å². The van der Waals surface area contributed by atoms with E-state index in [1.54, 1.807) is 0 Å². The molecular formula is C8H18O5. The van der Waals surface area contributed by atoms with E-state index in [0.29, 0.717) is 26.4 Å². The van der Waals surface area contributed by atoms with Gasteiger partial charge in [0.2, 0.25) is 0 Å². The van der Waals surface area contributed by atoms with Crippen LogP contribution in [0.4, 0.5) is 0 Å². The van der Waals surface area contributed by atoms with Gasteiger partial charge in [0.15, 0.2) is 12.6 Å². The average Bonchev–Trinajstić information content (AvgIpc) is 2.01. The third kappa shape index (κ3) is 11.8. The van der Waals surface area contributed by atoms with Crippen LogP contribution in [0.3, 0.4) is 0 Å². The minimum absolute atomic E-state index is 0.354. The largest absolute Gasteiger partial charge is 0.377 e. The summed E-state index contributed by atoms with van der Waals surface area (Å²) in [4.78, 5) is 0. The molecule has 2 N–H and O–H groups in total. The highest BCUT2D eigenvalue weighted by atomic mass is 16.6. The molecule has 5 nitrogen and oxygen atoms in total. The maximum atomic E-state index is 8.69. The summed E-state index contributed by atoms with van der Waals surface area (Å²) in [6.07, 6.45) is -1.50. The number of aliphatic hydroxyl groups is 2. The summed E-state index contributed by atoms with van der Waals surface area (Å²) < 4.78 is 14.7. The zero-order valence-corrected chi connectivity index (χ0v) is 8.10. The Morgan fingerprint density at radius 3 is 1.54 bits per heavy atom. The predicted molar refractivity (Wildman–Crippen MR) is 46.1 cm³/mol. The molecule has 0 aliphatic carbocycles. The minimum Gasteiger partial charge on any atom is -0.377 e. The Kier molecular flexibility index (Phi) is 8.27. The molecule has 0 rings (SSSR count). The first-order chi connectivity index (χ1) is 6.13. The van der Waals surface area contributed by atoms with Crippen molar-refractivity contribution in [3.8, 4) is 0 Å². The van der Waals surface area contributed by atoms with Crippen LogP contribution in [0.25, 0.3) is 0 Å². The Hall–Kier alpha value is -0.200. The van der Waals surface area contributed by atoms with Crippen LogP contribution in [-0.4, -0.2) is 49.2 Å². The van der Waals surface area contributed by atoms with E-state index < -0.39 is 12.6 Å². The highest BCUT2D eigenvalue weighted by Crippen LogP contribution is 1.86. The molecule has 0 aliphatic rings. The second-order valence-electron chi connectivity index (χ2n) is 2.55. The zero-order chi connectivity index (χ0) is 10.1. The van der Waals surface area contributed by atoms with Crippen LogP contribution in [-0.2, 0) is 14.2 Å². The second-order valence-corrected chi connectivity index (χ2v) is 2.55. The van der Waals surface area contributed by atoms with Crippen LogP contribution >= 0.6 is 0 Å². The van der Waals surface area contributed by atoms with E-state index >= 15 is 0 Å². The standard InChI is InChI=1S/C8H18O5/c1-7(9)12-5-3-11-4-6-13-8(2)10/h7-10H,3-6H2,1-2H3. The van der Waals surface area contributed by atoms with E-state index in [9.17, 15) is 0 Å². The molecular weight excluding hydrogens is 176 g/mol. The van der Waals surface area contributed by atoms with Gasteiger partial charge in [0.25, 0.3) is 0 Å². The van der Waals surface area contributed by atoms with Gasteiger partial charge in [0.05, 0.1) is 26.4 Å². The van der Waals surface area contributed by atoms with Crippen LogP contribution in [0.1, 0.15) is 13.8 Å². The zero-order valence-electron chi connectivity index (χ0n) is 8.10. The summed E-state index contributed by atoms with van der Waals surface area (Å²) in [5.74, 6) is 0. The average molecular weight is 194 g/mol. The van der Waals surface area contributed by atoms with Crippen LogP contribution in [0.15, 0.2) is 0 Å². The molecule has 0 amide bonds. The Bertz CT molecular complexity index is 92.7. The van der Waals surface area contributed by atoms with Gasteiger partial charge in [-0.25, -0.2) is 0 Å². The van der Waals surface area contributed by atoms with E-state index in [1.165, 1.54) is 13.8 Å². The molecule has 80 valence electrons. The fraction of sp³-hybridized carbons (Fsp3) is 1.00. The molecule has 0 spiro atoms. The molecule has 0 bridgehead atoms. The molecule has 0 aromatic carbocycles. The first-order valence-electron chi connectivity index (χ1n) is 4.30. The molecule has 0 aromatic rings. The molecule has 2 unspecified atom stereocenters. The summed E-state index contributed by atoms with van der Waals surface area (Å²) in [5, 5.41) is 17.4. The van der Waals surface area contributed by atoms with Gasteiger partial charge in [-0.2, -0.15) is 0 Å². The third-order valence-corrected chi connectivity index (χ3v) is 1.17. The smallest absolute Gasteiger partial charge is 0.151 e. The number of hydrogen-bond donors (Lipinski definition) is 2. The lowest BCUT2D eigenvalue weighted by molar-refractivity contribution is -0.116. The van der Waals surface area contributed by atoms with Crippen molar-refractivity contribution in [2.24, 2.45) is 0 Å². The van der Waals surface area contributed by atoms with Crippen molar-refractivity contribution in [3.63, 3.8) is 0 Å². The monoisotopic (exact) mass is 194 g/mol. The summed E-state index contributed by atoms with van der Waals surface area (Å²) in [7, 11) is 0. The van der Waals surface area contributed by atoms with Gasteiger partial charge in [-0.15, -0.1) is 0 Å². The van der Waals surface area contributed by atoms with E-state index in [-0.39, 0.29) is 0 Å². The first-order valence-corrected chi connectivity index (χ1v) is 4.30. The predicted octanol–water partition coefficient (Wildman–Crippen LogP) is -0.287. The first kappa shape index (κ1) is 12.8. The second kappa shape index (κ2) is 8.40. The van der Waals surface area contributed by atoms with Crippen molar-refractivity contribution in [3.05, 3.63) is 0 Å². The fourth-order valence-corrected chi connectivity index (χ4v) is 0.657. The molecule has 0 aliphatic heterocycles. The summed E-state index contributed by atoms with van der Waals surface area (Å²) >= 11 is 0. The van der Waals surface area contributed by atoms with E-state index in [0.717, 1.165) is 0 Å². The lowest BCUT2D eigenvalue weighted by Crippen LogP contribution is -2.15. The SMILES string of the molecule is CC(O)OCCOCCOC(C)O. The Balaban J connectivity index is 2.92. The molecule has 0 saturated carbocycles. The minimum atomic E-state index is -0.752. The highest BCUT2D eigenvalue weighted by molar-refractivity contribution is 4.33. The Labute approximate surface area is 78.2 Å². The highest BCUT2D eigenvalue weighted by Gasteiger charge is 1.96. The van der Waals surface area contributed by atoms with Gasteiger partial charge in [-0.05, 0) is 13.8 Å². The van der Waals surface area contributed by atoms with Crippen molar-refractivity contribution in [2.45, 2.75) is 26.4 Å². The van der Waals surface area contributed by atoms with Crippen molar-refractivity contribution in [1.82, 2.24) is 0 Å². The lowest BCUT2D eigenvalue weighted by atomic mass is 10.7. The van der Waals surface area contributed by atoms with Crippen molar-refractivity contribution in [1.29, 1.82) is 0 Å². The molecule has 13 heavy (non-hydrogen) atoms. The number of aliphatic hydroxyl groups excluding tert-OH is 2. The Morgan fingerprint density at radius 1 is 0.846 bits per heavy atom.